The van der Waals surface area contributed by atoms with Crippen molar-refractivity contribution in [1.82, 2.24) is 0 Å². The summed E-state index contributed by atoms with van der Waals surface area (Å²) in [5.41, 5.74) is 0. The smallest absolute Gasteiger partial charge is 0.335 e. The molecule has 5 rings (SSSR count). The maximum atomic E-state index is 11.8. The standard InChI is InChI=1S/C26H20O6/c1-29-21-13-25(27)31-23(21)11-19-15-7-3-5-9-17(15)20(18-10-6-4-8-16(18)19)12-24-22(30-2)14-26(28)32-24/h3-14,23-24H,1-2H3. The monoisotopic (exact) mass is 428 g/mol. The number of rotatable bonds is 4. The van der Waals surface area contributed by atoms with Crippen LogP contribution in [-0.2, 0) is 28.5 Å². The molecule has 160 valence electrons. The lowest BCUT2D eigenvalue weighted by molar-refractivity contribution is -0.138. The van der Waals surface area contributed by atoms with E-state index in [0.29, 0.717) is 11.5 Å². The molecule has 0 bridgehead atoms. The number of hydrogen-bond acceptors (Lipinski definition) is 6. The Hall–Kier alpha value is -4.06. The van der Waals surface area contributed by atoms with Crippen LogP contribution in [0, 0.1) is 0 Å². The highest BCUT2D eigenvalue weighted by Crippen LogP contribution is 2.22. The van der Waals surface area contributed by atoms with Crippen LogP contribution in [0.2, 0.25) is 0 Å². The molecular formula is C26H20O6. The Balaban J connectivity index is 1.83. The summed E-state index contributed by atoms with van der Waals surface area (Å²) in [6, 6.07) is 15.9. The van der Waals surface area contributed by atoms with E-state index in [1.807, 2.05) is 60.7 Å². The maximum Gasteiger partial charge on any atom is 0.335 e. The highest BCUT2D eigenvalue weighted by atomic mass is 16.6. The fourth-order valence-corrected chi connectivity index (χ4v) is 4.27. The first kappa shape index (κ1) is 19.9. The second-order valence-corrected chi connectivity index (χ2v) is 7.47. The van der Waals surface area contributed by atoms with Crippen LogP contribution in [0.1, 0.15) is 0 Å². The van der Waals surface area contributed by atoms with Gasteiger partial charge in [0.2, 0.25) is 0 Å². The first-order valence-electron chi connectivity index (χ1n) is 10.1. The minimum absolute atomic E-state index is 0.427. The van der Waals surface area contributed by atoms with E-state index in [9.17, 15) is 9.59 Å². The fraction of sp³-hybridized carbons (Fsp3) is 0.154. The number of methoxy groups -OCH3 is 2. The summed E-state index contributed by atoms with van der Waals surface area (Å²) in [5, 5.41) is 5.77. The molecule has 0 fully saturated rings. The Morgan fingerprint density at radius 2 is 1.00 bits per heavy atom. The molecule has 2 unspecified atom stereocenters. The third-order valence-electron chi connectivity index (χ3n) is 5.69. The highest BCUT2D eigenvalue weighted by molar-refractivity contribution is 6.01. The third kappa shape index (κ3) is 3.30. The van der Waals surface area contributed by atoms with Crippen molar-refractivity contribution in [2.45, 2.75) is 12.2 Å². The van der Waals surface area contributed by atoms with Gasteiger partial charge in [-0.25, -0.2) is 9.59 Å². The maximum absolute atomic E-state index is 11.8. The molecule has 0 radical (unpaired) electrons. The minimum atomic E-state index is -0.604. The van der Waals surface area contributed by atoms with Crippen LogP contribution in [0.3, 0.4) is 0 Å². The van der Waals surface area contributed by atoms with Crippen LogP contribution in [0.4, 0.5) is 0 Å². The van der Waals surface area contributed by atoms with Gasteiger partial charge in [-0.3, -0.25) is 0 Å². The predicted octanol–water partition coefficient (Wildman–Crippen LogP) is 2.47. The summed E-state index contributed by atoms with van der Waals surface area (Å²) >= 11 is 0. The summed E-state index contributed by atoms with van der Waals surface area (Å²) in [7, 11) is 3.04. The third-order valence-corrected chi connectivity index (χ3v) is 5.69. The molecule has 0 aliphatic carbocycles. The van der Waals surface area contributed by atoms with Crippen LogP contribution in [0.5, 0.6) is 0 Å². The van der Waals surface area contributed by atoms with Gasteiger partial charge in [0.25, 0.3) is 0 Å². The van der Waals surface area contributed by atoms with Gasteiger partial charge < -0.3 is 18.9 Å². The molecule has 0 spiro atoms. The second kappa shape index (κ2) is 7.89. The Morgan fingerprint density at radius 1 is 0.656 bits per heavy atom. The zero-order chi connectivity index (χ0) is 22.2. The number of esters is 2. The topological polar surface area (TPSA) is 71.1 Å². The molecule has 3 aromatic carbocycles. The van der Waals surface area contributed by atoms with Gasteiger partial charge in [0.05, 0.1) is 26.4 Å². The number of benzene rings is 3. The number of hydrogen-bond donors (Lipinski definition) is 0. The van der Waals surface area contributed by atoms with Gasteiger partial charge in [-0.15, -0.1) is 0 Å². The average molecular weight is 428 g/mol. The first-order chi connectivity index (χ1) is 15.6. The minimum Gasteiger partial charge on any atom is -0.497 e. The van der Waals surface area contributed by atoms with Gasteiger partial charge in [0.15, 0.2) is 12.2 Å². The van der Waals surface area contributed by atoms with E-state index >= 15 is 0 Å². The molecule has 0 saturated carbocycles. The van der Waals surface area contributed by atoms with Crippen molar-refractivity contribution in [1.29, 1.82) is 0 Å². The number of ether oxygens (including phenoxy) is 4. The SMILES string of the molecule is COC1=CC(=O)OC1C=c1c2ccccc2c(=CC2OC(=O)C=C2OC)c2ccccc12. The number of carbonyl (C=O) groups is 2. The predicted molar refractivity (Wildman–Crippen MR) is 120 cm³/mol. The summed E-state index contributed by atoms with van der Waals surface area (Å²) < 4.78 is 21.6. The fourth-order valence-electron chi connectivity index (χ4n) is 4.27. The van der Waals surface area contributed by atoms with E-state index in [2.05, 4.69) is 0 Å². The van der Waals surface area contributed by atoms with Crippen molar-refractivity contribution >= 4 is 45.6 Å². The van der Waals surface area contributed by atoms with E-state index < -0.39 is 24.1 Å². The van der Waals surface area contributed by atoms with Crippen molar-refractivity contribution in [3.8, 4) is 0 Å². The zero-order valence-electron chi connectivity index (χ0n) is 17.5. The molecule has 0 N–H and O–H groups in total. The van der Waals surface area contributed by atoms with Crippen LogP contribution >= 0.6 is 0 Å². The van der Waals surface area contributed by atoms with E-state index in [1.165, 1.54) is 26.4 Å². The van der Waals surface area contributed by atoms with Crippen molar-refractivity contribution in [3.05, 3.63) is 82.6 Å². The van der Waals surface area contributed by atoms with Crippen LogP contribution in [0.15, 0.2) is 72.2 Å². The Labute approximate surface area is 183 Å². The van der Waals surface area contributed by atoms with Crippen LogP contribution in [0.25, 0.3) is 33.7 Å². The van der Waals surface area contributed by atoms with Crippen molar-refractivity contribution in [2.24, 2.45) is 0 Å². The molecule has 3 aromatic rings. The Morgan fingerprint density at radius 3 is 1.31 bits per heavy atom. The molecule has 0 aromatic heterocycles. The second-order valence-electron chi connectivity index (χ2n) is 7.47. The number of fused-ring (bicyclic) bond motifs is 2. The molecule has 0 amide bonds. The van der Waals surface area contributed by atoms with E-state index in [4.69, 9.17) is 18.9 Å². The summed E-state index contributed by atoms with van der Waals surface area (Å²) in [5.74, 6) is 0.0743. The van der Waals surface area contributed by atoms with Gasteiger partial charge in [-0.2, -0.15) is 0 Å². The molecular weight excluding hydrogens is 408 g/mol. The van der Waals surface area contributed by atoms with Gasteiger partial charge in [-0.05, 0) is 44.1 Å². The van der Waals surface area contributed by atoms with Crippen molar-refractivity contribution < 1.29 is 28.5 Å². The number of carbonyl (C=O) groups excluding carboxylic acids is 2. The van der Waals surface area contributed by atoms with Gasteiger partial charge >= 0.3 is 11.9 Å². The summed E-state index contributed by atoms with van der Waals surface area (Å²) in [4.78, 5) is 23.6. The van der Waals surface area contributed by atoms with E-state index in [1.54, 1.807) is 0 Å². The van der Waals surface area contributed by atoms with Crippen LogP contribution in [-0.4, -0.2) is 38.4 Å². The van der Waals surface area contributed by atoms with E-state index in [0.717, 1.165) is 32.0 Å². The molecule has 6 heteroatoms. The normalized spacial score (nSPS) is 19.9. The summed E-state index contributed by atoms with van der Waals surface area (Å²) in [6.07, 6.45) is 5.33. The Kier molecular flexibility index (Phi) is 4.90. The largest absolute Gasteiger partial charge is 0.497 e. The molecule has 0 saturated heterocycles. The molecule has 6 nitrogen and oxygen atoms in total. The lowest BCUT2D eigenvalue weighted by Crippen LogP contribution is -2.21. The average Bonchev–Trinajstić information content (AvgIpc) is 3.36. The Bertz CT molecular complexity index is 1270. The van der Waals surface area contributed by atoms with Gasteiger partial charge in [-0.1, -0.05) is 48.5 Å². The lowest BCUT2D eigenvalue weighted by atomic mass is 9.96. The molecule has 2 aliphatic rings. The van der Waals surface area contributed by atoms with Crippen LogP contribution < -0.4 is 10.4 Å². The lowest BCUT2D eigenvalue weighted by Gasteiger charge is -2.13. The molecule has 2 aliphatic heterocycles. The first-order valence-corrected chi connectivity index (χ1v) is 10.1. The molecule has 2 atom stereocenters. The number of cyclic esters (lactones) is 2. The quantitative estimate of drug-likeness (QED) is 0.470. The van der Waals surface area contributed by atoms with Gasteiger partial charge in [0.1, 0.15) is 11.5 Å². The molecule has 2 heterocycles. The van der Waals surface area contributed by atoms with Gasteiger partial charge in [0, 0.05) is 0 Å². The van der Waals surface area contributed by atoms with Crippen molar-refractivity contribution in [3.63, 3.8) is 0 Å². The zero-order valence-corrected chi connectivity index (χ0v) is 17.5. The molecule has 32 heavy (non-hydrogen) atoms. The van der Waals surface area contributed by atoms with Crippen molar-refractivity contribution in [2.75, 3.05) is 14.2 Å². The van der Waals surface area contributed by atoms with E-state index in [-0.39, 0.29) is 0 Å². The highest BCUT2D eigenvalue weighted by Gasteiger charge is 2.27. The summed E-state index contributed by atoms with van der Waals surface area (Å²) in [6.45, 7) is 0.